The summed E-state index contributed by atoms with van der Waals surface area (Å²) in [5, 5.41) is 0. The second-order valence-corrected chi connectivity index (χ2v) is 7.09. The summed E-state index contributed by atoms with van der Waals surface area (Å²) in [6.07, 6.45) is 0. The van der Waals surface area contributed by atoms with E-state index < -0.39 is 10.0 Å². The minimum atomic E-state index is -3.21. The molecule has 0 aromatic carbocycles. The Bertz CT molecular complexity index is 392. The number of ether oxygens (including phenoxy) is 1. The van der Waals surface area contributed by atoms with Gasteiger partial charge < -0.3 is 10.5 Å². The van der Waals surface area contributed by atoms with Gasteiger partial charge in [-0.05, 0) is 13.8 Å². The quantitative estimate of drug-likeness (QED) is 0.511. The van der Waals surface area contributed by atoms with Crippen LogP contribution in [-0.4, -0.2) is 73.8 Å². The number of nitrogens with two attached hydrogens (primary N) is 1. The molecule has 0 bridgehead atoms. The number of sulfonamides is 1. The molecule has 0 aromatic rings. The van der Waals surface area contributed by atoms with E-state index in [1.54, 1.807) is 0 Å². The zero-order chi connectivity index (χ0) is 14.5. The molecule has 1 fully saturated rings. The molecule has 1 aliphatic rings. The molecule has 0 aromatic heterocycles. The fraction of sp³-hybridized carbons (Fsp3) is 0.909. The van der Waals surface area contributed by atoms with Crippen molar-refractivity contribution >= 4 is 27.2 Å². The molecule has 1 saturated heterocycles. The molecule has 8 heteroatoms. The van der Waals surface area contributed by atoms with Gasteiger partial charge in [-0.2, -0.15) is 4.31 Å². The lowest BCUT2D eigenvalue weighted by Crippen LogP contribution is -2.54. The Hall–Kier alpha value is -0.280. The van der Waals surface area contributed by atoms with E-state index in [-0.39, 0.29) is 18.4 Å². The van der Waals surface area contributed by atoms with Gasteiger partial charge in [0.05, 0.1) is 23.4 Å². The van der Waals surface area contributed by atoms with Crippen LogP contribution in [0, 0.1) is 0 Å². The average Bonchev–Trinajstić information content (AvgIpc) is 2.38. The molecule has 2 N–H and O–H groups in total. The second-order valence-electron chi connectivity index (χ2n) is 4.53. The van der Waals surface area contributed by atoms with E-state index >= 15 is 0 Å². The minimum Gasteiger partial charge on any atom is -0.392 e. The van der Waals surface area contributed by atoms with Crippen molar-refractivity contribution in [1.29, 1.82) is 0 Å². The van der Waals surface area contributed by atoms with E-state index in [9.17, 15) is 8.42 Å². The summed E-state index contributed by atoms with van der Waals surface area (Å²) in [5.41, 5.74) is 5.61. The average molecular weight is 309 g/mol. The Balaban J connectivity index is 2.46. The topological polar surface area (TPSA) is 75.9 Å². The van der Waals surface area contributed by atoms with Crippen molar-refractivity contribution in [1.82, 2.24) is 9.21 Å². The zero-order valence-corrected chi connectivity index (χ0v) is 13.2. The molecule has 112 valence electrons. The van der Waals surface area contributed by atoms with E-state index in [1.165, 1.54) is 4.31 Å². The molecular weight excluding hydrogens is 286 g/mol. The molecule has 0 amide bonds. The van der Waals surface area contributed by atoms with Crippen LogP contribution in [0.5, 0.6) is 0 Å². The van der Waals surface area contributed by atoms with Gasteiger partial charge in [0, 0.05) is 32.8 Å². The van der Waals surface area contributed by atoms with Crippen LogP contribution in [0.15, 0.2) is 0 Å². The first-order valence-corrected chi connectivity index (χ1v) is 8.49. The smallest absolute Gasteiger partial charge is 0.216 e. The molecule has 1 unspecified atom stereocenters. The molecule has 0 radical (unpaired) electrons. The largest absolute Gasteiger partial charge is 0.392 e. The van der Waals surface area contributed by atoms with Crippen molar-refractivity contribution in [3.8, 4) is 0 Å². The van der Waals surface area contributed by atoms with Crippen LogP contribution in [0.3, 0.4) is 0 Å². The third-order valence-electron chi connectivity index (χ3n) is 3.32. The molecule has 0 spiro atoms. The lowest BCUT2D eigenvalue weighted by Gasteiger charge is -2.36. The predicted octanol–water partition coefficient (Wildman–Crippen LogP) is -0.355. The van der Waals surface area contributed by atoms with E-state index in [0.29, 0.717) is 37.8 Å². The third-order valence-corrected chi connectivity index (χ3v) is 5.49. The Labute approximate surface area is 120 Å². The highest BCUT2D eigenvalue weighted by molar-refractivity contribution is 7.89. The highest BCUT2D eigenvalue weighted by atomic mass is 32.2. The SMILES string of the molecule is CCOCCS(=O)(=O)N1CCN(C(C)C(N)=S)CC1. The lowest BCUT2D eigenvalue weighted by atomic mass is 10.2. The Morgan fingerprint density at radius 2 is 1.95 bits per heavy atom. The second kappa shape index (κ2) is 7.49. The maximum atomic E-state index is 12.0. The van der Waals surface area contributed by atoms with Crippen LogP contribution in [-0.2, 0) is 14.8 Å². The Kier molecular flexibility index (Phi) is 6.61. The summed E-state index contributed by atoms with van der Waals surface area (Å²) in [7, 11) is -3.21. The highest BCUT2D eigenvalue weighted by Crippen LogP contribution is 2.11. The first kappa shape index (κ1) is 16.8. The summed E-state index contributed by atoms with van der Waals surface area (Å²) in [4.78, 5) is 2.56. The van der Waals surface area contributed by atoms with E-state index in [2.05, 4.69) is 4.90 Å². The van der Waals surface area contributed by atoms with E-state index in [4.69, 9.17) is 22.7 Å². The van der Waals surface area contributed by atoms with Crippen molar-refractivity contribution < 1.29 is 13.2 Å². The van der Waals surface area contributed by atoms with Crippen molar-refractivity contribution in [2.24, 2.45) is 5.73 Å². The normalized spacial score (nSPS) is 20.3. The molecule has 0 saturated carbocycles. The summed E-state index contributed by atoms with van der Waals surface area (Å²) in [6, 6.07) is 0.0169. The maximum Gasteiger partial charge on any atom is 0.216 e. The summed E-state index contributed by atoms with van der Waals surface area (Å²) >= 11 is 4.96. The molecule has 6 nitrogen and oxygen atoms in total. The minimum absolute atomic E-state index is 0.0169. The van der Waals surface area contributed by atoms with Crippen molar-refractivity contribution in [3.63, 3.8) is 0 Å². The van der Waals surface area contributed by atoms with E-state index in [0.717, 1.165) is 0 Å². The van der Waals surface area contributed by atoms with Crippen LogP contribution in [0.4, 0.5) is 0 Å². The van der Waals surface area contributed by atoms with Gasteiger partial charge in [0.15, 0.2) is 0 Å². The lowest BCUT2D eigenvalue weighted by molar-refractivity contribution is 0.157. The van der Waals surface area contributed by atoms with Gasteiger partial charge in [-0.1, -0.05) is 12.2 Å². The molecule has 19 heavy (non-hydrogen) atoms. The molecule has 1 aliphatic heterocycles. The Morgan fingerprint density at radius 1 is 1.37 bits per heavy atom. The summed E-state index contributed by atoms with van der Waals surface area (Å²) < 4.78 is 30.7. The number of nitrogens with zero attached hydrogens (tertiary/aromatic N) is 2. The number of rotatable bonds is 7. The monoisotopic (exact) mass is 309 g/mol. The number of hydrogen-bond acceptors (Lipinski definition) is 5. The van der Waals surface area contributed by atoms with E-state index in [1.807, 2.05) is 13.8 Å². The molecular formula is C11H23N3O3S2. The van der Waals surface area contributed by atoms with Crippen molar-refractivity contribution in [2.45, 2.75) is 19.9 Å². The van der Waals surface area contributed by atoms with Gasteiger partial charge in [-0.3, -0.25) is 4.90 Å². The first-order valence-electron chi connectivity index (χ1n) is 6.47. The van der Waals surface area contributed by atoms with Crippen LogP contribution in [0.25, 0.3) is 0 Å². The van der Waals surface area contributed by atoms with Crippen LogP contribution in [0.1, 0.15) is 13.8 Å². The fourth-order valence-electron chi connectivity index (χ4n) is 1.99. The number of thiocarbonyl (C=S) groups is 1. The van der Waals surface area contributed by atoms with Gasteiger partial charge in [-0.25, -0.2) is 8.42 Å². The predicted molar refractivity (Wildman–Crippen MR) is 79.7 cm³/mol. The standard InChI is InChI=1S/C11H23N3O3S2/c1-3-17-8-9-19(15,16)14-6-4-13(5-7-14)10(2)11(12)18/h10H,3-9H2,1-2H3,(H2,12,18). The van der Waals surface area contributed by atoms with Crippen molar-refractivity contribution in [2.75, 3.05) is 45.1 Å². The first-order chi connectivity index (χ1) is 8.88. The van der Waals surface area contributed by atoms with Gasteiger partial charge in [-0.15, -0.1) is 0 Å². The molecule has 1 heterocycles. The van der Waals surface area contributed by atoms with Crippen LogP contribution < -0.4 is 5.73 Å². The molecule has 1 rings (SSSR count). The summed E-state index contributed by atoms with van der Waals surface area (Å²) in [5.74, 6) is 0.0473. The molecule has 0 aliphatic carbocycles. The van der Waals surface area contributed by atoms with Crippen LogP contribution in [0.2, 0.25) is 0 Å². The van der Waals surface area contributed by atoms with Crippen LogP contribution >= 0.6 is 12.2 Å². The highest BCUT2D eigenvalue weighted by Gasteiger charge is 2.28. The van der Waals surface area contributed by atoms with Crippen molar-refractivity contribution in [3.05, 3.63) is 0 Å². The maximum absolute atomic E-state index is 12.0. The molecule has 1 atom stereocenters. The van der Waals surface area contributed by atoms with Gasteiger partial charge in [0.25, 0.3) is 0 Å². The van der Waals surface area contributed by atoms with Gasteiger partial charge >= 0.3 is 0 Å². The number of piperazine rings is 1. The van der Waals surface area contributed by atoms with Gasteiger partial charge in [0.2, 0.25) is 10.0 Å². The summed E-state index contributed by atoms with van der Waals surface area (Å²) in [6.45, 7) is 6.88. The van der Waals surface area contributed by atoms with Gasteiger partial charge in [0.1, 0.15) is 0 Å². The zero-order valence-electron chi connectivity index (χ0n) is 11.5. The third kappa shape index (κ3) is 4.96. The number of hydrogen-bond donors (Lipinski definition) is 1. The Morgan fingerprint density at radius 3 is 2.42 bits per heavy atom. The fourth-order valence-corrected chi connectivity index (χ4v) is 3.44.